The van der Waals surface area contributed by atoms with Gasteiger partial charge in [-0.3, -0.25) is 13.9 Å². The maximum absolute atomic E-state index is 13.2. The van der Waals surface area contributed by atoms with Gasteiger partial charge in [-0.1, -0.05) is 40.2 Å². The van der Waals surface area contributed by atoms with E-state index in [9.17, 15) is 18.0 Å². The van der Waals surface area contributed by atoms with Gasteiger partial charge in [0, 0.05) is 35.2 Å². The number of carboxylic acids is 1. The lowest BCUT2D eigenvalue weighted by atomic mass is 9.98. The first kappa shape index (κ1) is 29.3. The van der Waals surface area contributed by atoms with Crippen LogP contribution in [0.2, 0.25) is 0 Å². The van der Waals surface area contributed by atoms with Crippen LogP contribution in [0.5, 0.6) is 0 Å². The van der Waals surface area contributed by atoms with Crippen molar-refractivity contribution in [1.29, 1.82) is 0 Å². The number of amides is 1. The van der Waals surface area contributed by atoms with E-state index in [0.717, 1.165) is 21.2 Å². The van der Waals surface area contributed by atoms with Crippen LogP contribution in [0.3, 0.4) is 0 Å². The van der Waals surface area contributed by atoms with Gasteiger partial charge in [0.25, 0.3) is 5.91 Å². The number of rotatable bonds is 11. The molecule has 4 rings (SSSR count). The predicted molar refractivity (Wildman–Crippen MR) is 163 cm³/mol. The van der Waals surface area contributed by atoms with Crippen molar-refractivity contribution < 1.29 is 23.1 Å². The minimum atomic E-state index is -3.49. The standard InChI is InChI=1S/C29H31BrN4O5S/c1-33(2)15-16-34(40(3,38)39)23-11-9-22(10-12-23)31-28(20-6-4-5-19(17-20)7-14-26(35)36)27-24-13-8-21(30)18-25(24)32-29(27)37/h4-6,8-13,17-18,31H,7,14-16H2,1-3H3,(H,32,37)(H,35,36)/b28-27-. The van der Waals surface area contributed by atoms with Crippen LogP contribution in [-0.2, 0) is 26.0 Å². The van der Waals surface area contributed by atoms with Crippen LogP contribution in [0, 0.1) is 0 Å². The van der Waals surface area contributed by atoms with Crippen molar-refractivity contribution in [1.82, 2.24) is 4.90 Å². The molecule has 210 valence electrons. The van der Waals surface area contributed by atoms with Crippen LogP contribution in [0.15, 0.2) is 71.2 Å². The molecule has 0 saturated carbocycles. The first-order valence-electron chi connectivity index (χ1n) is 12.6. The average molecular weight is 628 g/mol. The van der Waals surface area contributed by atoms with Gasteiger partial charge in [-0.2, -0.15) is 0 Å². The van der Waals surface area contributed by atoms with Crippen molar-refractivity contribution in [3.05, 3.63) is 87.9 Å². The molecule has 0 atom stereocenters. The number of hydrogen-bond donors (Lipinski definition) is 3. The summed E-state index contributed by atoms with van der Waals surface area (Å²) in [5.74, 6) is -1.15. The first-order chi connectivity index (χ1) is 18.9. The van der Waals surface area contributed by atoms with E-state index in [1.54, 1.807) is 24.3 Å². The summed E-state index contributed by atoms with van der Waals surface area (Å²) in [6, 6.07) is 20.0. The van der Waals surface area contributed by atoms with E-state index in [1.165, 1.54) is 10.6 Å². The zero-order chi connectivity index (χ0) is 29.0. The van der Waals surface area contributed by atoms with E-state index in [4.69, 9.17) is 5.11 Å². The molecule has 0 fully saturated rings. The highest BCUT2D eigenvalue weighted by Crippen LogP contribution is 2.39. The summed E-state index contributed by atoms with van der Waals surface area (Å²) < 4.78 is 27.1. The number of fused-ring (bicyclic) bond motifs is 1. The Morgan fingerprint density at radius 1 is 1.02 bits per heavy atom. The topological polar surface area (TPSA) is 119 Å². The normalized spacial score (nSPS) is 14.1. The van der Waals surface area contributed by atoms with Gasteiger partial charge in [0.15, 0.2) is 0 Å². The molecular weight excluding hydrogens is 596 g/mol. The number of benzene rings is 3. The van der Waals surface area contributed by atoms with Crippen molar-refractivity contribution in [3.8, 4) is 0 Å². The van der Waals surface area contributed by atoms with Crippen LogP contribution in [0.1, 0.15) is 23.1 Å². The number of nitrogens with one attached hydrogen (secondary N) is 2. The van der Waals surface area contributed by atoms with E-state index < -0.39 is 16.0 Å². The fourth-order valence-corrected chi connectivity index (χ4v) is 5.72. The third-order valence-electron chi connectivity index (χ3n) is 6.39. The minimum absolute atomic E-state index is 0.00768. The molecule has 0 saturated heterocycles. The van der Waals surface area contributed by atoms with Crippen LogP contribution in [-0.4, -0.2) is 63.7 Å². The maximum Gasteiger partial charge on any atom is 0.303 e. The SMILES string of the molecule is CN(C)CCN(c1ccc(N/C(=C2\C(=O)Nc3cc(Br)ccc32)c2cccc(CCC(=O)O)c2)cc1)S(C)(=O)=O. The fraction of sp³-hybridized carbons (Fsp3) is 0.241. The van der Waals surface area contributed by atoms with Gasteiger partial charge in [0.1, 0.15) is 0 Å². The van der Waals surface area contributed by atoms with Gasteiger partial charge in [0.05, 0.1) is 28.9 Å². The van der Waals surface area contributed by atoms with E-state index >= 15 is 0 Å². The first-order valence-corrected chi connectivity index (χ1v) is 15.2. The number of aryl methyl sites for hydroxylation is 1. The highest BCUT2D eigenvalue weighted by molar-refractivity contribution is 9.10. The number of carboxylic acid groups (broad SMARTS) is 1. The number of anilines is 3. The molecule has 0 radical (unpaired) electrons. The Morgan fingerprint density at radius 3 is 2.40 bits per heavy atom. The van der Waals surface area contributed by atoms with Gasteiger partial charge in [0.2, 0.25) is 10.0 Å². The second kappa shape index (κ2) is 12.2. The van der Waals surface area contributed by atoms with Gasteiger partial charge in [-0.15, -0.1) is 0 Å². The molecule has 9 nitrogen and oxygen atoms in total. The molecule has 1 heterocycles. The molecule has 0 bridgehead atoms. The molecule has 11 heteroatoms. The number of halogens is 1. The van der Waals surface area contributed by atoms with E-state index in [-0.39, 0.29) is 12.3 Å². The number of hydrogen-bond acceptors (Lipinski definition) is 6. The number of carbonyl (C=O) groups excluding carboxylic acids is 1. The van der Waals surface area contributed by atoms with Gasteiger partial charge in [-0.25, -0.2) is 8.42 Å². The molecule has 3 aromatic rings. The lowest BCUT2D eigenvalue weighted by molar-refractivity contribution is -0.137. The van der Waals surface area contributed by atoms with E-state index in [1.807, 2.05) is 61.5 Å². The second-order valence-electron chi connectivity index (χ2n) is 9.80. The number of likely N-dealkylation sites (N-methyl/N-ethyl adjacent to an activating group) is 1. The molecule has 1 amide bonds. The van der Waals surface area contributed by atoms with Crippen molar-refractivity contribution >= 4 is 66.2 Å². The molecule has 0 aliphatic carbocycles. The third-order valence-corrected chi connectivity index (χ3v) is 8.08. The molecule has 0 aromatic heterocycles. The Hall–Kier alpha value is -3.67. The zero-order valence-corrected chi connectivity index (χ0v) is 24.8. The molecule has 3 aromatic carbocycles. The summed E-state index contributed by atoms with van der Waals surface area (Å²) in [5, 5.41) is 15.4. The van der Waals surface area contributed by atoms with E-state index in [2.05, 4.69) is 26.6 Å². The number of aliphatic carboxylic acids is 1. The monoisotopic (exact) mass is 626 g/mol. The van der Waals surface area contributed by atoms with E-state index in [0.29, 0.717) is 47.8 Å². The second-order valence-corrected chi connectivity index (χ2v) is 12.6. The quantitative estimate of drug-likeness (QED) is 0.263. The van der Waals surface area contributed by atoms with Gasteiger partial charge < -0.3 is 20.6 Å². The van der Waals surface area contributed by atoms with Crippen molar-refractivity contribution in [2.24, 2.45) is 0 Å². The van der Waals surface area contributed by atoms with Crippen LogP contribution in [0.25, 0.3) is 11.3 Å². The third kappa shape index (κ3) is 7.09. The molecule has 1 aliphatic rings. The summed E-state index contributed by atoms with van der Waals surface area (Å²) in [4.78, 5) is 26.3. The smallest absolute Gasteiger partial charge is 0.303 e. The Bertz CT molecular complexity index is 1570. The van der Waals surface area contributed by atoms with Crippen LogP contribution in [0.4, 0.5) is 17.1 Å². The fourth-order valence-electron chi connectivity index (χ4n) is 4.44. The molecule has 0 unspecified atom stereocenters. The molecule has 0 spiro atoms. The van der Waals surface area contributed by atoms with Gasteiger partial charge in [-0.05, 0) is 74.1 Å². The highest BCUT2D eigenvalue weighted by atomic mass is 79.9. The highest BCUT2D eigenvalue weighted by Gasteiger charge is 2.29. The van der Waals surface area contributed by atoms with Crippen molar-refractivity contribution in [2.75, 3.05) is 48.4 Å². The Balaban J connectivity index is 1.76. The summed E-state index contributed by atoms with van der Waals surface area (Å²) in [5.41, 5.74) is 5.15. The van der Waals surface area contributed by atoms with Crippen molar-refractivity contribution in [3.63, 3.8) is 0 Å². The zero-order valence-electron chi connectivity index (χ0n) is 22.4. The average Bonchev–Trinajstić information content (AvgIpc) is 3.20. The lowest BCUT2D eigenvalue weighted by Gasteiger charge is -2.24. The Labute approximate surface area is 242 Å². The summed E-state index contributed by atoms with van der Waals surface area (Å²) in [6.07, 6.45) is 1.53. The molecular formula is C29H31BrN4O5S. The van der Waals surface area contributed by atoms with Gasteiger partial charge >= 0.3 is 5.97 Å². The van der Waals surface area contributed by atoms with Crippen molar-refractivity contribution in [2.45, 2.75) is 12.8 Å². The molecule has 40 heavy (non-hydrogen) atoms. The summed E-state index contributed by atoms with van der Waals surface area (Å²) in [7, 11) is 0.280. The number of sulfonamides is 1. The van der Waals surface area contributed by atoms with Crippen LogP contribution >= 0.6 is 15.9 Å². The summed E-state index contributed by atoms with van der Waals surface area (Å²) >= 11 is 3.45. The predicted octanol–water partition coefficient (Wildman–Crippen LogP) is 4.73. The van der Waals surface area contributed by atoms with Crippen LogP contribution < -0.4 is 14.9 Å². The molecule has 1 aliphatic heterocycles. The largest absolute Gasteiger partial charge is 0.481 e. The minimum Gasteiger partial charge on any atom is -0.481 e. The lowest BCUT2D eigenvalue weighted by Crippen LogP contribution is -2.35. The Morgan fingerprint density at radius 2 is 1.75 bits per heavy atom. The molecule has 3 N–H and O–H groups in total. The maximum atomic E-state index is 13.2. The summed E-state index contributed by atoms with van der Waals surface area (Å²) in [6.45, 7) is 0.871. The number of nitrogens with zero attached hydrogens (tertiary/aromatic N) is 2. The number of carbonyl (C=O) groups is 2. The Kier molecular flexibility index (Phi) is 8.97.